The average Bonchev–Trinajstić information content (AvgIpc) is 1.96. The molecule has 1 saturated heterocycles. The zero-order valence-corrected chi connectivity index (χ0v) is 8.63. The number of morpholine rings is 1. The van der Waals surface area contributed by atoms with Gasteiger partial charge >= 0.3 is 0 Å². The van der Waals surface area contributed by atoms with Crippen LogP contribution in [0.4, 0.5) is 0 Å². The van der Waals surface area contributed by atoms with Crippen molar-refractivity contribution in [1.82, 2.24) is 5.32 Å². The van der Waals surface area contributed by atoms with Crippen molar-refractivity contribution in [3.8, 4) is 0 Å². The molecule has 3 unspecified atom stereocenters. The molecule has 2 nitrogen and oxygen atoms in total. The van der Waals surface area contributed by atoms with Crippen LogP contribution in [-0.4, -0.2) is 24.8 Å². The van der Waals surface area contributed by atoms with E-state index in [1.54, 1.807) is 0 Å². The van der Waals surface area contributed by atoms with E-state index < -0.39 is 0 Å². The zero-order chi connectivity index (χ0) is 9.14. The van der Waals surface area contributed by atoms with Crippen molar-refractivity contribution in [3.63, 3.8) is 0 Å². The Hall–Kier alpha value is -0.0800. The van der Waals surface area contributed by atoms with E-state index in [1.165, 1.54) is 6.42 Å². The molecule has 0 saturated carbocycles. The average molecular weight is 171 g/mol. The van der Waals surface area contributed by atoms with Crippen molar-refractivity contribution in [1.29, 1.82) is 0 Å². The summed E-state index contributed by atoms with van der Waals surface area (Å²) in [6, 6.07) is 1.07. The molecule has 0 aromatic rings. The molecule has 72 valence electrons. The minimum absolute atomic E-state index is 0.369. The molecule has 0 radical (unpaired) electrons. The maximum Gasteiger partial charge on any atom is 0.0698 e. The van der Waals surface area contributed by atoms with Gasteiger partial charge in [0.15, 0.2) is 0 Å². The summed E-state index contributed by atoms with van der Waals surface area (Å²) in [5, 5.41) is 3.57. The zero-order valence-electron chi connectivity index (χ0n) is 8.63. The Morgan fingerprint density at radius 3 is 2.58 bits per heavy atom. The van der Waals surface area contributed by atoms with Crippen LogP contribution in [0.3, 0.4) is 0 Å². The molecule has 2 heteroatoms. The van der Waals surface area contributed by atoms with Crippen molar-refractivity contribution < 1.29 is 4.74 Å². The first-order valence-electron chi connectivity index (χ1n) is 4.97. The fourth-order valence-corrected chi connectivity index (χ4v) is 1.67. The number of nitrogens with one attached hydrogen (secondary N) is 1. The van der Waals surface area contributed by atoms with Crippen molar-refractivity contribution >= 4 is 0 Å². The van der Waals surface area contributed by atoms with Gasteiger partial charge in [0.1, 0.15) is 0 Å². The first-order chi connectivity index (χ1) is 5.59. The third-order valence-electron chi connectivity index (χ3n) is 2.52. The van der Waals surface area contributed by atoms with Crippen LogP contribution in [0.1, 0.15) is 34.1 Å². The van der Waals surface area contributed by atoms with Crippen LogP contribution in [0, 0.1) is 5.92 Å². The van der Waals surface area contributed by atoms with E-state index in [-0.39, 0.29) is 0 Å². The van der Waals surface area contributed by atoms with Crippen molar-refractivity contribution in [2.45, 2.75) is 52.3 Å². The molecule has 0 bridgehead atoms. The molecule has 1 aliphatic rings. The lowest BCUT2D eigenvalue weighted by molar-refractivity contribution is -0.0158. The fourth-order valence-electron chi connectivity index (χ4n) is 1.67. The summed E-state index contributed by atoms with van der Waals surface area (Å²) < 4.78 is 5.64. The molecule has 1 heterocycles. The highest BCUT2D eigenvalue weighted by Gasteiger charge is 2.24. The molecule has 1 aliphatic heterocycles. The molecule has 1 N–H and O–H groups in total. The molecule has 0 amide bonds. The van der Waals surface area contributed by atoms with Crippen molar-refractivity contribution in [3.05, 3.63) is 0 Å². The lowest BCUT2D eigenvalue weighted by Gasteiger charge is -2.34. The highest BCUT2D eigenvalue weighted by Crippen LogP contribution is 2.13. The first-order valence-corrected chi connectivity index (χ1v) is 4.97. The van der Waals surface area contributed by atoms with Gasteiger partial charge in [-0.2, -0.15) is 0 Å². The minimum atomic E-state index is 0.369. The third-order valence-corrected chi connectivity index (χ3v) is 2.52. The lowest BCUT2D eigenvalue weighted by Crippen LogP contribution is -2.51. The van der Waals surface area contributed by atoms with Crippen LogP contribution < -0.4 is 5.32 Å². The summed E-state index contributed by atoms with van der Waals surface area (Å²) in [7, 11) is 0. The van der Waals surface area contributed by atoms with Gasteiger partial charge in [0.2, 0.25) is 0 Å². The summed E-state index contributed by atoms with van der Waals surface area (Å²) in [4.78, 5) is 0. The van der Waals surface area contributed by atoms with Crippen LogP contribution >= 0.6 is 0 Å². The Morgan fingerprint density at radius 2 is 2.08 bits per heavy atom. The van der Waals surface area contributed by atoms with Gasteiger partial charge in [-0.25, -0.2) is 0 Å². The molecule has 1 rings (SSSR count). The Balaban J connectivity index is 2.30. The lowest BCUT2D eigenvalue weighted by atomic mass is 10.0. The van der Waals surface area contributed by atoms with Crippen LogP contribution in [-0.2, 0) is 4.74 Å². The molecular weight excluding hydrogens is 150 g/mol. The summed E-state index contributed by atoms with van der Waals surface area (Å²) in [5.74, 6) is 0.756. The van der Waals surface area contributed by atoms with Gasteiger partial charge in [0.25, 0.3) is 0 Å². The van der Waals surface area contributed by atoms with Gasteiger partial charge < -0.3 is 10.1 Å². The van der Waals surface area contributed by atoms with E-state index in [1.807, 2.05) is 0 Å². The largest absolute Gasteiger partial charge is 0.375 e. The molecule has 1 fully saturated rings. The Morgan fingerprint density at radius 1 is 1.42 bits per heavy atom. The monoisotopic (exact) mass is 171 g/mol. The first kappa shape index (κ1) is 10.0. The Bertz CT molecular complexity index is 136. The van der Waals surface area contributed by atoms with Crippen LogP contribution in [0.25, 0.3) is 0 Å². The predicted octanol–water partition coefficient (Wildman–Crippen LogP) is 1.80. The molecule has 12 heavy (non-hydrogen) atoms. The molecule has 0 aliphatic carbocycles. The highest BCUT2D eigenvalue weighted by atomic mass is 16.5. The fraction of sp³-hybridized carbons (Fsp3) is 1.00. The maximum absolute atomic E-state index is 5.64. The number of hydrogen-bond acceptors (Lipinski definition) is 2. The number of hydrogen-bond donors (Lipinski definition) is 1. The van der Waals surface area contributed by atoms with E-state index >= 15 is 0 Å². The van der Waals surface area contributed by atoms with E-state index in [0.29, 0.717) is 18.2 Å². The Kier molecular flexibility index (Phi) is 3.53. The molecule has 0 aromatic heterocycles. The topological polar surface area (TPSA) is 21.3 Å². The second kappa shape index (κ2) is 4.24. The predicted molar refractivity (Wildman–Crippen MR) is 51.3 cm³/mol. The molecule has 0 aromatic carbocycles. The second-order valence-electron chi connectivity index (χ2n) is 4.32. The molecular formula is C10H21NO. The van der Waals surface area contributed by atoms with Crippen molar-refractivity contribution in [2.24, 2.45) is 5.92 Å². The summed E-state index contributed by atoms with van der Waals surface area (Å²) >= 11 is 0. The number of rotatable bonds is 2. The Labute approximate surface area is 75.7 Å². The SMILES string of the molecule is CC(C)CC1COC(C)C(C)N1. The smallest absolute Gasteiger partial charge is 0.0698 e. The summed E-state index contributed by atoms with van der Waals surface area (Å²) in [6.45, 7) is 9.71. The van der Waals surface area contributed by atoms with Gasteiger partial charge in [-0.05, 0) is 26.2 Å². The molecule has 0 spiro atoms. The quantitative estimate of drug-likeness (QED) is 0.684. The van der Waals surface area contributed by atoms with Gasteiger partial charge in [-0.3, -0.25) is 0 Å². The van der Waals surface area contributed by atoms with Gasteiger partial charge in [-0.1, -0.05) is 13.8 Å². The van der Waals surface area contributed by atoms with Gasteiger partial charge in [0, 0.05) is 12.1 Å². The van der Waals surface area contributed by atoms with Crippen LogP contribution in [0.2, 0.25) is 0 Å². The van der Waals surface area contributed by atoms with E-state index in [4.69, 9.17) is 4.74 Å². The van der Waals surface area contributed by atoms with E-state index in [9.17, 15) is 0 Å². The minimum Gasteiger partial charge on any atom is -0.375 e. The summed E-state index contributed by atoms with van der Waals surface area (Å²) in [6.07, 6.45) is 1.59. The van der Waals surface area contributed by atoms with Crippen LogP contribution in [0.5, 0.6) is 0 Å². The van der Waals surface area contributed by atoms with E-state index in [2.05, 4.69) is 33.0 Å². The number of ether oxygens (including phenoxy) is 1. The van der Waals surface area contributed by atoms with Gasteiger partial charge in [0.05, 0.1) is 12.7 Å². The maximum atomic E-state index is 5.64. The highest BCUT2D eigenvalue weighted by molar-refractivity contribution is 4.81. The van der Waals surface area contributed by atoms with Crippen molar-refractivity contribution in [2.75, 3.05) is 6.61 Å². The van der Waals surface area contributed by atoms with E-state index in [0.717, 1.165) is 12.5 Å². The third kappa shape index (κ3) is 2.76. The summed E-state index contributed by atoms with van der Waals surface area (Å²) in [5.41, 5.74) is 0. The van der Waals surface area contributed by atoms with Crippen LogP contribution in [0.15, 0.2) is 0 Å². The molecule has 3 atom stereocenters. The second-order valence-corrected chi connectivity index (χ2v) is 4.32. The normalized spacial score (nSPS) is 37.2. The van der Waals surface area contributed by atoms with Gasteiger partial charge in [-0.15, -0.1) is 0 Å². The standard InChI is InChI=1S/C10H21NO/c1-7(2)5-10-6-12-9(4)8(3)11-10/h7-11H,5-6H2,1-4H3.